The Kier molecular flexibility index (Phi) is 10.2. The molecule has 3 aromatic rings. The van der Waals surface area contributed by atoms with E-state index in [1.165, 1.54) is 31.2 Å². The number of nitrogens with two attached hydrogens (primary N) is 1. The Labute approximate surface area is 206 Å². The Morgan fingerprint density at radius 3 is 2.24 bits per heavy atom. The molecule has 2 N–H and O–H groups in total. The van der Waals surface area contributed by atoms with E-state index in [1.54, 1.807) is 11.9 Å². The minimum Gasteiger partial charge on any atom is -0.399 e. The third-order valence-electron chi connectivity index (χ3n) is 5.59. The van der Waals surface area contributed by atoms with Crippen molar-refractivity contribution in [2.24, 2.45) is 5.92 Å². The van der Waals surface area contributed by atoms with E-state index in [2.05, 4.69) is 82.6 Å². The first-order chi connectivity index (χ1) is 15.6. The molecule has 0 aliphatic rings. The van der Waals surface area contributed by atoms with Gasteiger partial charge in [-0.1, -0.05) is 67.2 Å². The van der Waals surface area contributed by atoms with Crippen molar-refractivity contribution in [3.8, 4) is 0 Å². The summed E-state index contributed by atoms with van der Waals surface area (Å²) >= 11 is 1.68. The van der Waals surface area contributed by atoms with Crippen LogP contribution in [0.3, 0.4) is 0 Å². The topological polar surface area (TPSA) is 47.1 Å². The summed E-state index contributed by atoms with van der Waals surface area (Å²) in [5.41, 5.74) is 9.96. The highest BCUT2D eigenvalue weighted by atomic mass is 32.2. The maximum Gasteiger partial charge on any atom is 0.115 e. The van der Waals surface area contributed by atoms with E-state index in [9.17, 15) is 0 Å². The molecule has 33 heavy (non-hydrogen) atoms. The summed E-state index contributed by atoms with van der Waals surface area (Å²) in [5.74, 6) is 2.04. The first-order valence-electron chi connectivity index (χ1n) is 12.3. The highest BCUT2D eigenvalue weighted by Crippen LogP contribution is 2.32. The van der Waals surface area contributed by atoms with Gasteiger partial charge in [-0.05, 0) is 67.3 Å². The van der Waals surface area contributed by atoms with Crippen LogP contribution < -0.4 is 10.0 Å². The summed E-state index contributed by atoms with van der Waals surface area (Å²) in [6.45, 7) is 16.6. The predicted octanol–water partition coefficient (Wildman–Crippen LogP) is 8.30. The summed E-state index contributed by atoms with van der Waals surface area (Å²) in [6, 6.07) is 14.4. The number of imidazole rings is 1. The SMILES string of the molecule is CCCCCC(C)C.CCn1c(C(C)(C)C)nc2cc(N(C)Sc3ccc(N)cc3)ccc21. The third kappa shape index (κ3) is 7.99. The fourth-order valence-electron chi connectivity index (χ4n) is 3.75. The minimum absolute atomic E-state index is 0.0276. The summed E-state index contributed by atoms with van der Waals surface area (Å²) in [6.07, 6.45) is 5.60. The van der Waals surface area contributed by atoms with Crippen LogP contribution in [0.4, 0.5) is 11.4 Å². The Hall–Kier alpha value is -2.14. The molecule has 0 saturated heterocycles. The van der Waals surface area contributed by atoms with Gasteiger partial charge in [-0.3, -0.25) is 0 Å². The van der Waals surface area contributed by atoms with Crippen molar-refractivity contribution >= 4 is 34.4 Å². The molecule has 0 bridgehead atoms. The molecule has 4 nitrogen and oxygen atoms in total. The Morgan fingerprint density at radius 2 is 1.70 bits per heavy atom. The number of hydrogen-bond acceptors (Lipinski definition) is 4. The van der Waals surface area contributed by atoms with E-state index >= 15 is 0 Å². The van der Waals surface area contributed by atoms with E-state index in [1.807, 2.05) is 24.3 Å². The molecule has 1 aromatic heterocycles. The number of aryl methyl sites for hydroxylation is 1. The van der Waals surface area contributed by atoms with Gasteiger partial charge in [-0.15, -0.1) is 0 Å². The second-order valence-electron chi connectivity index (χ2n) is 10.2. The molecule has 5 heteroatoms. The summed E-state index contributed by atoms with van der Waals surface area (Å²) in [5, 5.41) is 0. The van der Waals surface area contributed by atoms with E-state index in [0.717, 1.165) is 40.1 Å². The molecular weight excluding hydrogens is 424 g/mol. The molecular formula is C28H44N4S. The van der Waals surface area contributed by atoms with Gasteiger partial charge in [0.1, 0.15) is 5.82 Å². The fraction of sp³-hybridized carbons (Fsp3) is 0.536. The zero-order valence-electron chi connectivity index (χ0n) is 22.0. The van der Waals surface area contributed by atoms with Crippen molar-refractivity contribution in [3.63, 3.8) is 0 Å². The summed E-state index contributed by atoms with van der Waals surface area (Å²) in [4.78, 5) is 6.09. The number of hydrogen-bond donors (Lipinski definition) is 1. The lowest BCUT2D eigenvalue weighted by molar-refractivity contribution is 0.512. The quantitative estimate of drug-likeness (QED) is 0.205. The van der Waals surface area contributed by atoms with Crippen LogP contribution in [0.15, 0.2) is 47.4 Å². The van der Waals surface area contributed by atoms with Gasteiger partial charge in [0.05, 0.1) is 11.0 Å². The van der Waals surface area contributed by atoms with Crippen molar-refractivity contribution in [2.75, 3.05) is 17.1 Å². The van der Waals surface area contributed by atoms with Crippen molar-refractivity contribution in [1.29, 1.82) is 0 Å². The van der Waals surface area contributed by atoms with Gasteiger partial charge < -0.3 is 14.6 Å². The molecule has 182 valence electrons. The van der Waals surface area contributed by atoms with Gasteiger partial charge in [0, 0.05) is 35.3 Å². The van der Waals surface area contributed by atoms with E-state index in [4.69, 9.17) is 10.7 Å². The largest absolute Gasteiger partial charge is 0.399 e. The zero-order valence-corrected chi connectivity index (χ0v) is 22.8. The number of aromatic nitrogens is 2. The molecule has 0 radical (unpaired) electrons. The molecule has 0 spiro atoms. The first kappa shape index (κ1) is 27.1. The van der Waals surface area contributed by atoms with Crippen molar-refractivity contribution < 1.29 is 0 Å². The second-order valence-corrected chi connectivity index (χ2v) is 11.4. The van der Waals surface area contributed by atoms with Crippen molar-refractivity contribution in [1.82, 2.24) is 9.55 Å². The summed E-state index contributed by atoms with van der Waals surface area (Å²) < 4.78 is 4.47. The van der Waals surface area contributed by atoms with Crippen LogP contribution in [0.1, 0.15) is 80.0 Å². The second kappa shape index (κ2) is 12.4. The van der Waals surface area contributed by atoms with Crippen molar-refractivity contribution in [3.05, 3.63) is 48.3 Å². The number of nitrogen functional groups attached to an aromatic ring is 1. The lowest BCUT2D eigenvalue weighted by Crippen LogP contribution is -2.18. The molecule has 0 saturated carbocycles. The fourth-order valence-corrected chi connectivity index (χ4v) is 4.54. The van der Waals surface area contributed by atoms with Gasteiger partial charge in [-0.25, -0.2) is 4.98 Å². The van der Waals surface area contributed by atoms with Gasteiger partial charge in [0.2, 0.25) is 0 Å². The Morgan fingerprint density at radius 1 is 1.03 bits per heavy atom. The minimum atomic E-state index is 0.0276. The van der Waals surface area contributed by atoms with Crippen LogP contribution >= 0.6 is 11.9 Å². The van der Waals surface area contributed by atoms with Crippen LogP contribution in [-0.2, 0) is 12.0 Å². The Bertz CT molecular complexity index is 984. The van der Waals surface area contributed by atoms with E-state index < -0.39 is 0 Å². The van der Waals surface area contributed by atoms with E-state index in [0.29, 0.717) is 0 Å². The highest BCUT2D eigenvalue weighted by molar-refractivity contribution is 8.00. The number of fused-ring (bicyclic) bond motifs is 1. The number of nitrogens with zero attached hydrogens (tertiary/aromatic N) is 3. The predicted molar refractivity (Wildman–Crippen MR) is 148 cm³/mol. The molecule has 0 aliphatic heterocycles. The van der Waals surface area contributed by atoms with Gasteiger partial charge in [-0.2, -0.15) is 0 Å². The van der Waals surface area contributed by atoms with Crippen molar-refractivity contribution in [2.45, 2.75) is 91.0 Å². The normalized spacial score (nSPS) is 11.5. The smallest absolute Gasteiger partial charge is 0.115 e. The first-order valence-corrected chi connectivity index (χ1v) is 13.1. The average Bonchev–Trinajstić information content (AvgIpc) is 3.14. The van der Waals surface area contributed by atoms with Gasteiger partial charge in [0.15, 0.2) is 0 Å². The number of benzene rings is 2. The lowest BCUT2D eigenvalue weighted by Gasteiger charge is -2.19. The molecule has 0 aliphatic carbocycles. The molecule has 3 rings (SSSR count). The average molecular weight is 469 g/mol. The maximum absolute atomic E-state index is 5.76. The van der Waals surface area contributed by atoms with Crippen LogP contribution in [0.25, 0.3) is 11.0 Å². The molecule has 0 amide bonds. The van der Waals surface area contributed by atoms with Crippen LogP contribution in [0, 0.1) is 5.92 Å². The number of anilines is 2. The molecule has 2 aromatic carbocycles. The summed E-state index contributed by atoms with van der Waals surface area (Å²) in [7, 11) is 2.07. The van der Waals surface area contributed by atoms with E-state index in [-0.39, 0.29) is 5.41 Å². The highest BCUT2D eigenvalue weighted by Gasteiger charge is 2.22. The third-order valence-corrected chi connectivity index (χ3v) is 6.56. The van der Waals surface area contributed by atoms with Crippen LogP contribution in [0.5, 0.6) is 0 Å². The number of rotatable bonds is 8. The molecule has 0 atom stereocenters. The zero-order chi connectivity index (χ0) is 24.6. The molecule has 0 unspecified atom stereocenters. The molecule has 0 fully saturated rings. The van der Waals surface area contributed by atoms with Gasteiger partial charge in [0.25, 0.3) is 0 Å². The van der Waals surface area contributed by atoms with Crippen LogP contribution in [0.2, 0.25) is 0 Å². The monoisotopic (exact) mass is 468 g/mol. The Balaban J connectivity index is 0.000000414. The lowest BCUT2D eigenvalue weighted by atomic mass is 9.96. The number of unbranched alkanes of at least 4 members (excludes halogenated alkanes) is 2. The standard InChI is InChI=1S/C20H26N4S.C8H18/c1-6-24-18-12-9-15(13-17(18)22-19(24)20(2,3)4)23(5)25-16-10-7-14(21)8-11-16;1-4-5-6-7-8(2)3/h7-13H,6,21H2,1-5H3;8H,4-7H2,1-3H3. The maximum atomic E-state index is 5.76. The van der Waals surface area contributed by atoms with Gasteiger partial charge >= 0.3 is 0 Å². The van der Waals surface area contributed by atoms with Crippen LogP contribution in [-0.4, -0.2) is 16.6 Å². The molecule has 1 heterocycles.